The van der Waals surface area contributed by atoms with E-state index in [1.807, 2.05) is 34.7 Å². The zero-order valence-corrected chi connectivity index (χ0v) is 15.6. The monoisotopic (exact) mass is 349 g/mol. The van der Waals surface area contributed by atoms with Crippen molar-refractivity contribution in [1.29, 1.82) is 0 Å². The van der Waals surface area contributed by atoms with Crippen molar-refractivity contribution in [2.24, 2.45) is 12.5 Å². The number of fused-ring (bicyclic) bond motifs is 1. The SMILES string of the molecule is CCc1c2c(nn1C)C(=O)CC1(CCN(C(=O)O)C(C(C)(C)C)C1)O2. The molecular formula is C18H27N3O4. The van der Waals surface area contributed by atoms with Crippen molar-refractivity contribution in [3.8, 4) is 5.75 Å². The van der Waals surface area contributed by atoms with E-state index < -0.39 is 11.7 Å². The third kappa shape index (κ3) is 2.89. The lowest BCUT2D eigenvalue weighted by Gasteiger charge is -2.50. The molecule has 3 rings (SSSR count). The van der Waals surface area contributed by atoms with E-state index in [1.165, 1.54) is 4.90 Å². The number of piperidine rings is 1. The summed E-state index contributed by atoms with van der Waals surface area (Å²) in [7, 11) is 1.82. The molecule has 2 unspecified atom stereocenters. The Morgan fingerprint density at radius 2 is 2.12 bits per heavy atom. The van der Waals surface area contributed by atoms with Crippen LogP contribution in [0.4, 0.5) is 4.79 Å². The molecule has 0 saturated carbocycles. The van der Waals surface area contributed by atoms with Crippen LogP contribution in [0.15, 0.2) is 0 Å². The van der Waals surface area contributed by atoms with Gasteiger partial charge in [0.15, 0.2) is 17.2 Å². The van der Waals surface area contributed by atoms with Crippen molar-refractivity contribution in [3.05, 3.63) is 11.4 Å². The summed E-state index contributed by atoms with van der Waals surface area (Å²) in [6, 6.07) is -0.199. The molecule has 2 aliphatic heterocycles. The minimum Gasteiger partial charge on any atom is -0.482 e. The molecule has 0 aromatic carbocycles. The predicted octanol–water partition coefficient (Wildman–Crippen LogP) is 2.88. The minimum atomic E-state index is -0.909. The molecule has 138 valence electrons. The van der Waals surface area contributed by atoms with Gasteiger partial charge in [-0.3, -0.25) is 9.48 Å². The molecule has 2 aliphatic rings. The number of ether oxygens (including phenoxy) is 1. The first-order valence-corrected chi connectivity index (χ1v) is 8.85. The molecule has 1 spiro atoms. The number of hydrogen-bond donors (Lipinski definition) is 1. The summed E-state index contributed by atoms with van der Waals surface area (Å²) in [6.45, 7) is 8.48. The molecule has 7 heteroatoms. The molecule has 1 N–H and O–H groups in total. The van der Waals surface area contributed by atoms with Crippen LogP contribution >= 0.6 is 0 Å². The van der Waals surface area contributed by atoms with Gasteiger partial charge < -0.3 is 14.7 Å². The van der Waals surface area contributed by atoms with Crippen LogP contribution in [-0.4, -0.2) is 49.9 Å². The number of amides is 1. The van der Waals surface area contributed by atoms with Crippen LogP contribution in [0.25, 0.3) is 0 Å². The molecule has 1 fully saturated rings. The summed E-state index contributed by atoms with van der Waals surface area (Å²) in [5.74, 6) is 0.589. The number of carbonyl (C=O) groups excluding carboxylic acids is 1. The molecule has 0 bridgehead atoms. The highest BCUT2D eigenvalue weighted by molar-refractivity contribution is 5.99. The largest absolute Gasteiger partial charge is 0.482 e. The number of likely N-dealkylation sites (tertiary alicyclic amines) is 1. The average Bonchev–Trinajstić information content (AvgIpc) is 2.81. The van der Waals surface area contributed by atoms with Gasteiger partial charge in [-0.2, -0.15) is 5.10 Å². The molecule has 2 atom stereocenters. The van der Waals surface area contributed by atoms with Crippen LogP contribution in [0.5, 0.6) is 5.75 Å². The van der Waals surface area contributed by atoms with E-state index in [0.717, 1.165) is 12.1 Å². The highest BCUT2D eigenvalue weighted by atomic mass is 16.5. The Bertz CT molecular complexity index is 719. The van der Waals surface area contributed by atoms with Crippen LogP contribution in [0.3, 0.4) is 0 Å². The minimum absolute atomic E-state index is 0.00650. The fraction of sp³-hybridized carbons (Fsp3) is 0.722. The Hall–Kier alpha value is -2.05. The van der Waals surface area contributed by atoms with Gasteiger partial charge in [0.05, 0.1) is 12.1 Å². The van der Waals surface area contributed by atoms with E-state index in [9.17, 15) is 14.7 Å². The Morgan fingerprint density at radius 1 is 1.44 bits per heavy atom. The Balaban J connectivity index is 1.98. The Labute approximate surface area is 147 Å². The third-order valence-electron chi connectivity index (χ3n) is 5.51. The first-order chi connectivity index (χ1) is 11.6. The van der Waals surface area contributed by atoms with Gasteiger partial charge in [0, 0.05) is 32.5 Å². The highest BCUT2D eigenvalue weighted by Crippen LogP contribution is 2.45. The lowest BCUT2D eigenvalue weighted by Crippen LogP contribution is -2.60. The maximum atomic E-state index is 12.7. The Morgan fingerprint density at radius 3 is 2.68 bits per heavy atom. The number of aromatic nitrogens is 2. The molecule has 1 saturated heterocycles. The van der Waals surface area contributed by atoms with Gasteiger partial charge in [-0.1, -0.05) is 27.7 Å². The van der Waals surface area contributed by atoms with Crippen molar-refractivity contribution in [3.63, 3.8) is 0 Å². The number of carbonyl (C=O) groups is 2. The molecule has 25 heavy (non-hydrogen) atoms. The molecule has 1 amide bonds. The number of nitrogens with zero attached hydrogens (tertiary/aromatic N) is 3. The van der Waals surface area contributed by atoms with Crippen molar-refractivity contribution in [2.45, 2.75) is 65.0 Å². The van der Waals surface area contributed by atoms with Crippen molar-refractivity contribution < 1.29 is 19.4 Å². The summed E-state index contributed by atoms with van der Waals surface area (Å²) in [5.41, 5.74) is 0.454. The van der Waals surface area contributed by atoms with Gasteiger partial charge >= 0.3 is 6.09 Å². The molecule has 1 aromatic rings. The zero-order valence-electron chi connectivity index (χ0n) is 15.6. The van der Waals surface area contributed by atoms with E-state index in [0.29, 0.717) is 30.8 Å². The Kier molecular flexibility index (Phi) is 4.08. The maximum Gasteiger partial charge on any atom is 0.407 e. The van der Waals surface area contributed by atoms with Crippen LogP contribution < -0.4 is 4.74 Å². The quantitative estimate of drug-likeness (QED) is 0.843. The van der Waals surface area contributed by atoms with E-state index in [1.54, 1.807) is 4.68 Å². The van der Waals surface area contributed by atoms with Crippen LogP contribution in [0.2, 0.25) is 0 Å². The van der Waals surface area contributed by atoms with E-state index in [4.69, 9.17) is 4.74 Å². The van der Waals surface area contributed by atoms with Crippen LogP contribution in [-0.2, 0) is 13.5 Å². The first-order valence-electron chi connectivity index (χ1n) is 8.85. The number of rotatable bonds is 1. The number of ketones is 1. The fourth-order valence-electron chi connectivity index (χ4n) is 4.15. The number of hydrogen-bond acceptors (Lipinski definition) is 4. The molecule has 1 aromatic heterocycles. The molecular weight excluding hydrogens is 322 g/mol. The zero-order chi connectivity index (χ0) is 18.6. The van der Waals surface area contributed by atoms with Gasteiger partial charge in [0.1, 0.15) is 5.60 Å². The lowest BCUT2D eigenvalue weighted by atomic mass is 9.72. The molecule has 0 aliphatic carbocycles. The van der Waals surface area contributed by atoms with Gasteiger partial charge in [-0.05, 0) is 11.8 Å². The maximum absolute atomic E-state index is 12.7. The second kappa shape index (κ2) is 5.75. The number of aryl methyl sites for hydroxylation is 1. The third-order valence-corrected chi connectivity index (χ3v) is 5.51. The summed E-state index contributed by atoms with van der Waals surface area (Å²) in [6.07, 6.45) is 1.13. The number of carboxylic acid groups (broad SMARTS) is 1. The van der Waals surface area contributed by atoms with Crippen molar-refractivity contribution >= 4 is 11.9 Å². The first kappa shape index (κ1) is 17.8. The number of Topliss-reactive ketones (excluding diaryl/α,β-unsaturated/α-hetero) is 1. The van der Waals surface area contributed by atoms with Crippen molar-refractivity contribution in [2.75, 3.05) is 6.54 Å². The van der Waals surface area contributed by atoms with Gasteiger partial charge in [-0.25, -0.2) is 4.79 Å². The normalized spacial score (nSPS) is 26.5. The van der Waals surface area contributed by atoms with Gasteiger partial charge in [0.25, 0.3) is 0 Å². The summed E-state index contributed by atoms with van der Waals surface area (Å²) in [4.78, 5) is 25.9. The van der Waals surface area contributed by atoms with E-state index in [-0.39, 0.29) is 23.7 Å². The molecule has 0 radical (unpaired) electrons. The second-order valence-corrected chi connectivity index (χ2v) is 8.30. The van der Waals surface area contributed by atoms with Crippen LogP contribution in [0, 0.1) is 5.41 Å². The smallest absolute Gasteiger partial charge is 0.407 e. The van der Waals surface area contributed by atoms with Gasteiger partial charge in [0.2, 0.25) is 0 Å². The summed E-state index contributed by atoms with van der Waals surface area (Å²) >= 11 is 0. The highest BCUT2D eigenvalue weighted by Gasteiger charge is 2.51. The van der Waals surface area contributed by atoms with Crippen LogP contribution in [0.1, 0.15) is 63.1 Å². The lowest BCUT2D eigenvalue weighted by molar-refractivity contribution is -0.0526. The summed E-state index contributed by atoms with van der Waals surface area (Å²) in [5, 5.41) is 13.9. The predicted molar refractivity (Wildman–Crippen MR) is 92.1 cm³/mol. The fourth-order valence-corrected chi connectivity index (χ4v) is 4.15. The van der Waals surface area contributed by atoms with E-state index >= 15 is 0 Å². The average molecular weight is 349 g/mol. The van der Waals surface area contributed by atoms with Crippen molar-refractivity contribution in [1.82, 2.24) is 14.7 Å². The van der Waals surface area contributed by atoms with E-state index in [2.05, 4.69) is 5.10 Å². The molecule has 7 nitrogen and oxygen atoms in total. The second-order valence-electron chi connectivity index (χ2n) is 8.30. The molecule has 3 heterocycles. The topological polar surface area (TPSA) is 84.7 Å². The van der Waals surface area contributed by atoms with Gasteiger partial charge in [-0.15, -0.1) is 0 Å². The summed E-state index contributed by atoms with van der Waals surface area (Å²) < 4.78 is 8.12. The standard InChI is InChI=1S/C18H27N3O4/c1-6-11-15-14(19-20(11)5)12(22)9-18(25-15)7-8-21(16(23)24)13(10-18)17(2,3)4/h13H,6-10H2,1-5H3,(H,23,24).